The van der Waals surface area contributed by atoms with Gasteiger partial charge >= 0.3 is 0 Å². The molecule has 0 amide bonds. The van der Waals surface area contributed by atoms with E-state index in [4.69, 9.17) is 4.42 Å². The molecule has 0 saturated heterocycles. The highest BCUT2D eigenvalue weighted by atomic mass is 16.3. The summed E-state index contributed by atoms with van der Waals surface area (Å²) < 4.78 is 5.78. The van der Waals surface area contributed by atoms with E-state index in [9.17, 15) is 5.11 Å². The predicted molar refractivity (Wildman–Crippen MR) is 77.2 cm³/mol. The van der Waals surface area contributed by atoms with Gasteiger partial charge in [0.2, 0.25) is 0 Å². The molecule has 0 aliphatic rings. The minimum atomic E-state index is -0.479. The maximum atomic E-state index is 10.2. The number of furan rings is 1. The van der Waals surface area contributed by atoms with Crippen molar-refractivity contribution in [3.63, 3.8) is 0 Å². The van der Waals surface area contributed by atoms with Gasteiger partial charge in [-0.1, -0.05) is 24.3 Å². The van der Waals surface area contributed by atoms with Crippen LogP contribution < -0.4 is 0 Å². The Kier molecular flexibility index (Phi) is 3.01. The number of hydrogen-bond donors (Lipinski definition) is 1. The Bertz CT molecular complexity index is 715. The number of aliphatic hydroxyl groups excluding tert-OH is 1. The summed E-state index contributed by atoms with van der Waals surface area (Å²) in [5.74, 6) is 0. The second kappa shape index (κ2) is 4.68. The van der Waals surface area contributed by atoms with Gasteiger partial charge in [0.25, 0.3) is 0 Å². The summed E-state index contributed by atoms with van der Waals surface area (Å²) >= 11 is 0. The number of hydrogen-bond acceptors (Lipinski definition) is 3. The van der Waals surface area contributed by atoms with Crippen LogP contribution in [0.3, 0.4) is 0 Å². The van der Waals surface area contributed by atoms with Gasteiger partial charge in [0, 0.05) is 17.3 Å². The Morgan fingerprint density at radius 1 is 1.05 bits per heavy atom. The van der Waals surface area contributed by atoms with Gasteiger partial charge in [-0.05, 0) is 37.9 Å². The number of rotatable bonds is 3. The molecule has 3 rings (SSSR count). The lowest BCUT2D eigenvalue weighted by Gasteiger charge is -2.16. The Hall–Kier alpha value is -1.84. The van der Waals surface area contributed by atoms with Crippen molar-refractivity contribution < 1.29 is 9.52 Å². The lowest BCUT2D eigenvalue weighted by Crippen LogP contribution is -2.19. The van der Waals surface area contributed by atoms with Crippen molar-refractivity contribution in [2.45, 2.75) is 6.10 Å². The quantitative estimate of drug-likeness (QED) is 0.781. The molecule has 1 heterocycles. The first-order valence-electron chi connectivity index (χ1n) is 6.39. The molecule has 0 spiro atoms. The van der Waals surface area contributed by atoms with Gasteiger partial charge in [0.1, 0.15) is 11.2 Å². The minimum absolute atomic E-state index is 0.479. The van der Waals surface area contributed by atoms with Crippen LogP contribution >= 0.6 is 0 Å². The van der Waals surface area contributed by atoms with Crippen molar-refractivity contribution in [3.8, 4) is 0 Å². The third-order valence-corrected chi connectivity index (χ3v) is 3.32. The van der Waals surface area contributed by atoms with Crippen molar-refractivity contribution in [1.29, 1.82) is 0 Å². The molecule has 0 radical (unpaired) electrons. The highest BCUT2D eigenvalue weighted by molar-refractivity contribution is 6.04. The topological polar surface area (TPSA) is 36.6 Å². The first-order valence-corrected chi connectivity index (χ1v) is 6.39. The zero-order valence-corrected chi connectivity index (χ0v) is 11.1. The maximum Gasteiger partial charge on any atom is 0.135 e. The van der Waals surface area contributed by atoms with Crippen molar-refractivity contribution in [1.82, 2.24) is 4.90 Å². The molecule has 2 aromatic carbocycles. The summed E-state index contributed by atoms with van der Waals surface area (Å²) in [5, 5.41) is 12.3. The molecule has 3 heteroatoms. The summed E-state index contributed by atoms with van der Waals surface area (Å²) in [6, 6.07) is 13.9. The Morgan fingerprint density at radius 3 is 2.58 bits per heavy atom. The molecule has 0 saturated carbocycles. The molecule has 0 aliphatic heterocycles. The Labute approximate surface area is 112 Å². The second-order valence-electron chi connectivity index (χ2n) is 5.13. The largest absolute Gasteiger partial charge is 0.456 e. The zero-order chi connectivity index (χ0) is 13.4. The summed E-state index contributed by atoms with van der Waals surface area (Å²) in [7, 11) is 3.91. The third kappa shape index (κ3) is 2.23. The van der Waals surface area contributed by atoms with Crippen LogP contribution in [0.2, 0.25) is 0 Å². The van der Waals surface area contributed by atoms with Crippen LogP contribution in [0.5, 0.6) is 0 Å². The molecular formula is C16H17NO2. The van der Waals surface area contributed by atoms with E-state index in [1.807, 2.05) is 61.5 Å². The molecule has 19 heavy (non-hydrogen) atoms. The third-order valence-electron chi connectivity index (χ3n) is 3.32. The first-order chi connectivity index (χ1) is 9.15. The molecular weight excluding hydrogens is 238 g/mol. The fraction of sp³-hybridized carbons (Fsp3) is 0.250. The number of likely N-dealkylation sites (N-methyl/N-ethyl adjacent to an activating group) is 1. The van der Waals surface area contributed by atoms with Gasteiger partial charge in [-0.3, -0.25) is 0 Å². The van der Waals surface area contributed by atoms with E-state index < -0.39 is 6.10 Å². The average molecular weight is 255 g/mol. The average Bonchev–Trinajstić information content (AvgIpc) is 2.75. The molecule has 0 fully saturated rings. The molecule has 1 atom stereocenters. The van der Waals surface area contributed by atoms with E-state index in [2.05, 4.69) is 0 Å². The Morgan fingerprint density at radius 2 is 1.79 bits per heavy atom. The van der Waals surface area contributed by atoms with E-state index in [1.165, 1.54) is 0 Å². The van der Waals surface area contributed by atoms with E-state index in [0.717, 1.165) is 27.5 Å². The van der Waals surface area contributed by atoms with Crippen LogP contribution in [0.15, 0.2) is 46.9 Å². The molecule has 98 valence electrons. The van der Waals surface area contributed by atoms with Crippen LogP contribution in [-0.2, 0) is 0 Å². The van der Waals surface area contributed by atoms with Gasteiger partial charge in [0.15, 0.2) is 0 Å². The highest BCUT2D eigenvalue weighted by Gasteiger charge is 2.12. The van der Waals surface area contributed by atoms with E-state index in [-0.39, 0.29) is 0 Å². The SMILES string of the molecule is CN(C)CC(O)c1ccc2oc3ccccc3c2c1. The fourth-order valence-corrected chi connectivity index (χ4v) is 2.40. The van der Waals surface area contributed by atoms with Crippen molar-refractivity contribution in [3.05, 3.63) is 48.0 Å². The molecule has 0 aliphatic carbocycles. The summed E-state index contributed by atoms with van der Waals surface area (Å²) in [6.45, 7) is 0.612. The smallest absolute Gasteiger partial charge is 0.135 e. The number of para-hydroxylation sites is 1. The first kappa shape index (κ1) is 12.2. The highest BCUT2D eigenvalue weighted by Crippen LogP contribution is 2.30. The lowest BCUT2D eigenvalue weighted by atomic mass is 10.1. The van der Waals surface area contributed by atoms with Crippen LogP contribution in [0.4, 0.5) is 0 Å². The standard InChI is InChI=1S/C16H17NO2/c1-17(2)10-14(18)11-7-8-16-13(9-11)12-5-3-4-6-15(12)19-16/h3-9,14,18H,10H2,1-2H3. The van der Waals surface area contributed by atoms with Crippen LogP contribution in [0, 0.1) is 0 Å². The predicted octanol–water partition coefficient (Wildman–Crippen LogP) is 3.18. The van der Waals surface area contributed by atoms with E-state index >= 15 is 0 Å². The van der Waals surface area contributed by atoms with Crippen LogP contribution in [0.1, 0.15) is 11.7 Å². The van der Waals surface area contributed by atoms with Gasteiger partial charge in [-0.15, -0.1) is 0 Å². The molecule has 0 bridgehead atoms. The monoisotopic (exact) mass is 255 g/mol. The maximum absolute atomic E-state index is 10.2. The number of nitrogens with zero attached hydrogens (tertiary/aromatic N) is 1. The normalized spacial score (nSPS) is 13.5. The number of benzene rings is 2. The summed E-state index contributed by atoms with van der Waals surface area (Å²) in [5.41, 5.74) is 2.67. The van der Waals surface area contributed by atoms with Gasteiger partial charge in [-0.25, -0.2) is 0 Å². The minimum Gasteiger partial charge on any atom is -0.456 e. The molecule has 1 N–H and O–H groups in total. The summed E-state index contributed by atoms with van der Waals surface area (Å²) in [4.78, 5) is 1.97. The van der Waals surface area contributed by atoms with Crippen molar-refractivity contribution in [2.75, 3.05) is 20.6 Å². The van der Waals surface area contributed by atoms with Crippen molar-refractivity contribution >= 4 is 21.9 Å². The van der Waals surface area contributed by atoms with E-state index in [1.54, 1.807) is 0 Å². The molecule has 1 unspecified atom stereocenters. The molecule has 3 aromatic rings. The fourth-order valence-electron chi connectivity index (χ4n) is 2.40. The number of fused-ring (bicyclic) bond motifs is 3. The zero-order valence-electron chi connectivity index (χ0n) is 11.1. The van der Waals surface area contributed by atoms with Crippen LogP contribution in [0.25, 0.3) is 21.9 Å². The second-order valence-corrected chi connectivity index (χ2v) is 5.13. The summed E-state index contributed by atoms with van der Waals surface area (Å²) in [6.07, 6.45) is -0.479. The number of aliphatic hydroxyl groups is 1. The molecule has 3 nitrogen and oxygen atoms in total. The molecule has 1 aromatic heterocycles. The van der Waals surface area contributed by atoms with E-state index in [0.29, 0.717) is 6.54 Å². The van der Waals surface area contributed by atoms with Gasteiger partial charge in [-0.2, -0.15) is 0 Å². The van der Waals surface area contributed by atoms with Gasteiger partial charge in [0.05, 0.1) is 6.10 Å². The lowest BCUT2D eigenvalue weighted by molar-refractivity contribution is 0.138. The van der Waals surface area contributed by atoms with Crippen molar-refractivity contribution in [2.24, 2.45) is 0 Å². The van der Waals surface area contributed by atoms with Crippen LogP contribution in [-0.4, -0.2) is 30.6 Å². The van der Waals surface area contributed by atoms with Gasteiger partial charge < -0.3 is 14.4 Å². The Balaban J connectivity index is 2.11.